The van der Waals surface area contributed by atoms with E-state index < -0.39 is 0 Å². The quantitative estimate of drug-likeness (QED) is 0.499. The van der Waals surface area contributed by atoms with E-state index in [1.54, 1.807) is 36.3 Å². The van der Waals surface area contributed by atoms with Crippen LogP contribution in [0.4, 0.5) is 0 Å². The molecule has 0 saturated heterocycles. The highest BCUT2D eigenvalue weighted by atomic mass is 16.5. The van der Waals surface area contributed by atoms with Gasteiger partial charge in [0.1, 0.15) is 23.8 Å². The van der Waals surface area contributed by atoms with Crippen molar-refractivity contribution in [1.82, 2.24) is 15.0 Å². The van der Waals surface area contributed by atoms with Crippen LogP contribution in [0.3, 0.4) is 0 Å². The molecular weight excluding hydrogens is 386 g/mol. The van der Waals surface area contributed by atoms with Crippen LogP contribution in [0.2, 0.25) is 0 Å². The maximum absolute atomic E-state index is 13.1. The van der Waals surface area contributed by atoms with Gasteiger partial charge in [0.15, 0.2) is 0 Å². The van der Waals surface area contributed by atoms with Gasteiger partial charge in [0.25, 0.3) is 5.91 Å². The van der Waals surface area contributed by atoms with E-state index >= 15 is 0 Å². The van der Waals surface area contributed by atoms with Gasteiger partial charge in [0, 0.05) is 23.7 Å². The number of hydrogen-bond acceptors (Lipinski definition) is 7. The first-order valence-corrected chi connectivity index (χ1v) is 9.18. The molecule has 0 aliphatic heterocycles. The third kappa shape index (κ3) is 4.78. The number of carbonyl (C=O) groups is 1. The highest BCUT2D eigenvalue weighted by Gasteiger charge is 2.20. The third-order valence-electron chi connectivity index (χ3n) is 4.38. The van der Waals surface area contributed by atoms with Crippen LogP contribution in [0.5, 0.6) is 17.2 Å². The number of hydrogen-bond donors (Lipinski definition) is 0. The van der Waals surface area contributed by atoms with E-state index in [4.69, 9.17) is 18.7 Å². The summed E-state index contributed by atoms with van der Waals surface area (Å²) in [6.45, 7) is 4.17. The van der Waals surface area contributed by atoms with Crippen LogP contribution in [-0.4, -0.2) is 48.8 Å². The van der Waals surface area contributed by atoms with Gasteiger partial charge in [-0.1, -0.05) is 11.2 Å². The van der Waals surface area contributed by atoms with Gasteiger partial charge in [-0.2, -0.15) is 4.98 Å². The van der Waals surface area contributed by atoms with Crippen molar-refractivity contribution in [2.75, 3.05) is 27.9 Å². The van der Waals surface area contributed by atoms with Gasteiger partial charge in [0.05, 0.1) is 21.3 Å². The molecular formula is C22H23N3O5. The van der Waals surface area contributed by atoms with Crippen LogP contribution in [-0.2, 0) is 6.54 Å². The molecule has 0 saturated carbocycles. The number of amides is 1. The Labute approximate surface area is 174 Å². The minimum absolute atomic E-state index is 0.132. The van der Waals surface area contributed by atoms with Crippen LogP contribution in [0.1, 0.15) is 16.2 Å². The molecule has 0 atom stereocenters. The van der Waals surface area contributed by atoms with E-state index in [0.29, 0.717) is 35.3 Å². The zero-order chi connectivity index (χ0) is 21.5. The minimum atomic E-state index is -0.240. The standard InChI is InChI=1S/C22H23N3O5/c1-5-10-25(22(26)16-11-18(28-3)13-19(12-16)29-4)14-20-23-21(24-30-20)15-6-8-17(27-2)9-7-15/h5-9,11-13H,1,10,14H2,2-4H3. The Bertz CT molecular complexity index is 992. The molecule has 30 heavy (non-hydrogen) atoms. The summed E-state index contributed by atoms with van der Waals surface area (Å²) in [6.07, 6.45) is 1.63. The fraction of sp³-hybridized carbons (Fsp3) is 0.227. The van der Waals surface area contributed by atoms with Crippen LogP contribution >= 0.6 is 0 Å². The van der Waals surface area contributed by atoms with E-state index in [1.807, 2.05) is 24.3 Å². The topological polar surface area (TPSA) is 86.9 Å². The van der Waals surface area contributed by atoms with Crippen LogP contribution in [0.25, 0.3) is 11.4 Å². The van der Waals surface area contributed by atoms with Crippen molar-refractivity contribution in [2.24, 2.45) is 0 Å². The summed E-state index contributed by atoms with van der Waals surface area (Å²) in [6, 6.07) is 12.3. The molecule has 0 aliphatic rings. The van der Waals surface area contributed by atoms with Crippen molar-refractivity contribution < 1.29 is 23.5 Å². The lowest BCUT2D eigenvalue weighted by atomic mass is 10.1. The Morgan fingerprint density at radius 1 is 1.03 bits per heavy atom. The summed E-state index contributed by atoms with van der Waals surface area (Å²) in [5.74, 6) is 2.29. The number of ether oxygens (including phenoxy) is 3. The first-order chi connectivity index (χ1) is 14.6. The summed E-state index contributed by atoms with van der Waals surface area (Å²) in [7, 11) is 4.66. The van der Waals surface area contributed by atoms with Crippen molar-refractivity contribution in [3.63, 3.8) is 0 Å². The van der Waals surface area contributed by atoms with Gasteiger partial charge < -0.3 is 23.6 Å². The number of rotatable bonds is 9. The Kier molecular flexibility index (Phi) is 6.69. The first kappa shape index (κ1) is 20.9. The van der Waals surface area contributed by atoms with Crippen molar-refractivity contribution in [1.29, 1.82) is 0 Å². The van der Waals surface area contributed by atoms with Gasteiger partial charge >= 0.3 is 0 Å². The Morgan fingerprint density at radius 2 is 1.67 bits per heavy atom. The molecule has 1 heterocycles. The van der Waals surface area contributed by atoms with Crippen molar-refractivity contribution in [3.8, 4) is 28.6 Å². The maximum atomic E-state index is 13.1. The second-order valence-corrected chi connectivity index (χ2v) is 6.32. The number of nitrogens with zero attached hydrogens (tertiary/aromatic N) is 3. The molecule has 0 radical (unpaired) electrons. The zero-order valence-electron chi connectivity index (χ0n) is 17.1. The molecule has 0 fully saturated rings. The van der Waals surface area contributed by atoms with Crippen molar-refractivity contribution >= 4 is 5.91 Å². The third-order valence-corrected chi connectivity index (χ3v) is 4.38. The number of methoxy groups -OCH3 is 3. The van der Waals surface area contributed by atoms with Gasteiger partial charge in [-0.25, -0.2) is 0 Å². The lowest BCUT2D eigenvalue weighted by molar-refractivity contribution is 0.0744. The van der Waals surface area contributed by atoms with Crippen LogP contribution < -0.4 is 14.2 Å². The fourth-order valence-corrected chi connectivity index (χ4v) is 2.83. The maximum Gasteiger partial charge on any atom is 0.254 e. The van der Waals surface area contributed by atoms with E-state index in [-0.39, 0.29) is 12.5 Å². The first-order valence-electron chi connectivity index (χ1n) is 9.18. The summed E-state index contributed by atoms with van der Waals surface area (Å²) >= 11 is 0. The smallest absolute Gasteiger partial charge is 0.254 e. The highest BCUT2D eigenvalue weighted by molar-refractivity contribution is 5.95. The largest absolute Gasteiger partial charge is 0.497 e. The average Bonchev–Trinajstić information content (AvgIpc) is 3.26. The summed E-state index contributed by atoms with van der Waals surface area (Å²) in [4.78, 5) is 19.0. The van der Waals surface area contributed by atoms with E-state index in [1.165, 1.54) is 14.2 Å². The Balaban J connectivity index is 1.81. The fourth-order valence-electron chi connectivity index (χ4n) is 2.83. The molecule has 156 valence electrons. The molecule has 0 N–H and O–H groups in total. The lowest BCUT2D eigenvalue weighted by Gasteiger charge is -2.20. The second kappa shape index (κ2) is 9.60. The Hall–Kier alpha value is -3.81. The van der Waals surface area contributed by atoms with E-state index in [0.717, 1.165) is 11.3 Å². The molecule has 3 aromatic rings. The molecule has 0 aliphatic carbocycles. The zero-order valence-corrected chi connectivity index (χ0v) is 17.1. The van der Waals surface area contributed by atoms with Gasteiger partial charge in [-0.15, -0.1) is 6.58 Å². The van der Waals surface area contributed by atoms with Crippen molar-refractivity contribution in [2.45, 2.75) is 6.54 Å². The SMILES string of the molecule is C=CCN(Cc1nc(-c2ccc(OC)cc2)no1)C(=O)c1cc(OC)cc(OC)c1. The highest BCUT2D eigenvalue weighted by Crippen LogP contribution is 2.24. The molecule has 8 nitrogen and oxygen atoms in total. The number of aromatic nitrogens is 2. The molecule has 1 aromatic heterocycles. The van der Waals surface area contributed by atoms with Gasteiger partial charge in [0.2, 0.25) is 11.7 Å². The van der Waals surface area contributed by atoms with Gasteiger partial charge in [-0.05, 0) is 36.4 Å². The van der Waals surface area contributed by atoms with E-state index in [9.17, 15) is 4.79 Å². The molecule has 3 rings (SSSR count). The Morgan fingerprint density at radius 3 is 2.23 bits per heavy atom. The molecule has 2 aromatic carbocycles. The molecule has 8 heteroatoms. The summed E-state index contributed by atoms with van der Waals surface area (Å²) in [5, 5.41) is 4.01. The summed E-state index contributed by atoms with van der Waals surface area (Å²) in [5.41, 5.74) is 1.20. The monoisotopic (exact) mass is 409 g/mol. The van der Waals surface area contributed by atoms with Crippen molar-refractivity contribution in [3.05, 3.63) is 66.6 Å². The average molecular weight is 409 g/mol. The van der Waals surface area contributed by atoms with E-state index in [2.05, 4.69) is 16.7 Å². The van der Waals surface area contributed by atoms with Crippen LogP contribution in [0.15, 0.2) is 59.6 Å². The van der Waals surface area contributed by atoms with Crippen LogP contribution in [0, 0.1) is 0 Å². The molecule has 0 spiro atoms. The molecule has 0 unspecified atom stereocenters. The number of benzene rings is 2. The molecule has 0 bridgehead atoms. The second-order valence-electron chi connectivity index (χ2n) is 6.32. The molecule has 1 amide bonds. The lowest BCUT2D eigenvalue weighted by Crippen LogP contribution is -2.30. The normalized spacial score (nSPS) is 10.4. The predicted octanol–water partition coefficient (Wildman–Crippen LogP) is 3.59. The summed E-state index contributed by atoms with van der Waals surface area (Å²) < 4.78 is 21.0. The number of carbonyl (C=O) groups excluding carboxylic acids is 1. The minimum Gasteiger partial charge on any atom is -0.497 e. The predicted molar refractivity (Wildman–Crippen MR) is 111 cm³/mol. The van der Waals surface area contributed by atoms with Gasteiger partial charge in [-0.3, -0.25) is 4.79 Å².